The minimum absolute atomic E-state index is 0.0354. The van der Waals surface area contributed by atoms with Crippen molar-refractivity contribution >= 4 is 29.7 Å². The third-order valence-electron chi connectivity index (χ3n) is 3.23. The van der Waals surface area contributed by atoms with Crippen LogP contribution in [-0.4, -0.2) is 48.3 Å². The van der Waals surface area contributed by atoms with Crippen molar-refractivity contribution in [2.45, 2.75) is 17.5 Å². The van der Waals surface area contributed by atoms with Crippen LogP contribution in [-0.2, 0) is 20.9 Å². The highest BCUT2D eigenvalue weighted by atomic mass is 32.2. The molecule has 3 amide bonds. The number of nitrogens with one attached hydrogen (secondary N) is 1. The summed E-state index contributed by atoms with van der Waals surface area (Å²) in [5, 5.41) is 2.39. The highest BCUT2D eigenvalue weighted by Crippen LogP contribution is 2.19. The van der Waals surface area contributed by atoms with Gasteiger partial charge in [-0.25, -0.2) is 4.79 Å². The minimum Gasteiger partial charge on any atom is -0.447 e. The molecule has 2 rings (SSSR count). The van der Waals surface area contributed by atoms with Crippen LogP contribution in [0.4, 0.5) is 4.79 Å². The van der Waals surface area contributed by atoms with E-state index in [0.29, 0.717) is 0 Å². The van der Waals surface area contributed by atoms with Gasteiger partial charge in [-0.1, -0.05) is 12.1 Å². The highest BCUT2D eigenvalue weighted by Gasteiger charge is 2.37. The Morgan fingerprint density at radius 2 is 2.09 bits per heavy atom. The lowest BCUT2D eigenvalue weighted by molar-refractivity contribution is -0.127. The number of nitrogens with two attached hydrogens (primary N) is 1. The van der Waals surface area contributed by atoms with Gasteiger partial charge in [-0.2, -0.15) is 0 Å². The van der Waals surface area contributed by atoms with Crippen LogP contribution in [0.5, 0.6) is 0 Å². The molecule has 8 heteroatoms. The fourth-order valence-corrected chi connectivity index (χ4v) is 2.47. The molecule has 0 aromatic heterocycles. The van der Waals surface area contributed by atoms with Gasteiger partial charge in [0.05, 0.1) is 13.1 Å². The van der Waals surface area contributed by atoms with Gasteiger partial charge in [0.25, 0.3) is 0 Å². The Kier molecular flexibility index (Phi) is 5.26. The zero-order valence-electron chi connectivity index (χ0n) is 12.1. The Morgan fingerprint density at radius 1 is 1.41 bits per heavy atom. The van der Waals surface area contributed by atoms with Gasteiger partial charge in [0.1, 0.15) is 12.6 Å². The molecule has 0 saturated carbocycles. The number of cyclic esters (lactones) is 1. The summed E-state index contributed by atoms with van der Waals surface area (Å²) in [6.45, 7) is -0.0335. The van der Waals surface area contributed by atoms with Crippen molar-refractivity contribution in [3.05, 3.63) is 29.8 Å². The van der Waals surface area contributed by atoms with E-state index in [4.69, 9.17) is 10.5 Å². The molecule has 118 valence electrons. The lowest BCUT2D eigenvalue weighted by atomic mass is 10.2. The molecule has 1 heterocycles. The molecule has 1 saturated heterocycles. The Bertz CT molecular complexity index is 576. The number of hydrogen-bond acceptors (Lipinski definition) is 5. The maximum absolute atomic E-state index is 12.0. The van der Waals surface area contributed by atoms with Crippen molar-refractivity contribution in [2.75, 3.05) is 19.4 Å². The predicted octanol–water partition coefficient (Wildman–Crippen LogP) is 0.331. The van der Waals surface area contributed by atoms with Gasteiger partial charge in [0.15, 0.2) is 0 Å². The van der Waals surface area contributed by atoms with Gasteiger partial charge in [-0.05, 0) is 24.0 Å². The molecule has 7 nitrogen and oxygen atoms in total. The summed E-state index contributed by atoms with van der Waals surface area (Å²) in [6, 6.07) is 6.94. The van der Waals surface area contributed by atoms with E-state index in [9.17, 15) is 14.4 Å². The topological polar surface area (TPSA) is 102 Å². The number of thioether (sulfide) groups is 1. The molecule has 1 fully saturated rings. The van der Waals surface area contributed by atoms with Crippen LogP contribution < -0.4 is 11.1 Å². The first-order chi connectivity index (χ1) is 10.5. The Hall–Kier alpha value is -2.22. The Balaban J connectivity index is 2.03. The van der Waals surface area contributed by atoms with Gasteiger partial charge < -0.3 is 15.8 Å². The van der Waals surface area contributed by atoms with Crippen molar-refractivity contribution in [1.82, 2.24) is 10.2 Å². The smallest absolute Gasteiger partial charge is 0.410 e. The van der Waals surface area contributed by atoms with E-state index in [-0.39, 0.29) is 19.7 Å². The van der Waals surface area contributed by atoms with E-state index < -0.39 is 23.9 Å². The number of amides is 3. The fraction of sp³-hybridized carbons (Fsp3) is 0.357. The summed E-state index contributed by atoms with van der Waals surface area (Å²) >= 11 is 1.62. The van der Waals surface area contributed by atoms with Crippen molar-refractivity contribution in [3.63, 3.8) is 0 Å². The van der Waals surface area contributed by atoms with Crippen molar-refractivity contribution in [2.24, 2.45) is 5.73 Å². The number of carbonyl (C=O) groups is 3. The molecule has 1 atom stereocenters. The second-order valence-electron chi connectivity index (χ2n) is 4.75. The van der Waals surface area contributed by atoms with Crippen LogP contribution in [0.2, 0.25) is 0 Å². The van der Waals surface area contributed by atoms with E-state index in [2.05, 4.69) is 5.32 Å². The van der Waals surface area contributed by atoms with Gasteiger partial charge in [-0.15, -0.1) is 11.8 Å². The highest BCUT2D eigenvalue weighted by molar-refractivity contribution is 7.98. The Labute approximate surface area is 132 Å². The fourth-order valence-electron chi connectivity index (χ4n) is 2.06. The van der Waals surface area contributed by atoms with Crippen LogP contribution in [0.1, 0.15) is 5.56 Å². The molecular weight excluding hydrogens is 306 g/mol. The summed E-state index contributed by atoms with van der Waals surface area (Å²) in [5.41, 5.74) is 5.88. The van der Waals surface area contributed by atoms with Crippen molar-refractivity contribution in [3.8, 4) is 0 Å². The van der Waals surface area contributed by atoms with Gasteiger partial charge >= 0.3 is 6.09 Å². The van der Waals surface area contributed by atoms with Crippen molar-refractivity contribution in [1.29, 1.82) is 0 Å². The van der Waals surface area contributed by atoms with Gasteiger partial charge in [0.2, 0.25) is 11.8 Å². The standard InChI is InChI=1S/C14H17N3O4S/c1-22-10-4-2-9(3-5-10)7-17-11(8-21-14(17)20)13(19)16-6-12(15)18/h2-5,11H,6-8H2,1H3,(H2,15,18)(H,16,19)/t11-/m0/s1. The van der Waals surface area contributed by atoms with Crippen LogP contribution in [0.25, 0.3) is 0 Å². The molecule has 1 aliphatic rings. The van der Waals surface area contributed by atoms with E-state index >= 15 is 0 Å². The number of primary amides is 1. The summed E-state index contributed by atoms with van der Waals surface area (Å²) in [4.78, 5) is 36.9. The lowest BCUT2D eigenvalue weighted by Gasteiger charge is -2.20. The number of benzene rings is 1. The minimum atomic E-state index is -0.757. The van der Waals surface area contributed by atoms with Crippen LogP contribution >= 0.6 is 11.8 Å². The zero-order valence-corrected chi connectivity index (χ0v) is 12.9. The molecule has 1 aliphatic heterocycles. The molecular formula is C14H17N3O4S. The monoisotopic (exact) mass is 323 g/mol. The SMILES string of the molecule is CSc1ccc(CN2C(=O)OC[C@H]2C(=O)NCC(N)=O)cc1. The first-order valence-electron chi connectivity index (χ1n) is 6.63. The lowest BCUT2D eigenvalue weighted by Crippen LogP contribution is -2.47. The maximum Gasteiger partial charge on any atom is 0.410 e. The maximum atomic E-state index is 12.0. The van der Waals surface area contributed by atoms with Gasteiger partial charge in [0, 0.05) is 4.90 Å². The molecule has 0 bridgehead atoms. The second kappa shape index (κ2) is 7.17. The van der Waals surface area contributed by atoms with Crippen LogP contribution in [0, 0.1) is 0 Å². The normalized spacial score (nSPS) is 17.2. The molecule has 1 aromatic rings. The Morgan fingerprint density at radius 3 is 2.68 bits per heavy atom. The quantitative estimate of drug-likeness (QED) is 0.735. The molecule has 0 spiro atoms. The zero-order chi connectivity index (χ0) is 16.1. The first kappa shape index (κ1) is 16.2. The molecule has 0 unspecified atom stereocenters. The summed E-state index contributed by atoms with van der Waals surface area (Å²) < 4.78 is 4.93. The molecule has 3 N–H and O–H groups in total. The van der Waals surface area contributed by atoms with Crippen LogP contribution in [0.15, 0.2) is 29.2 Å². The molecule has 1 aromatic carbocycles. The number of carbonyl (C=O) groups excluding carboxylic acids is 3. The average Bonchev–Trinajstić information content (AvgIpc) is 2.87. The number of hydrogen-bond donors (Lipinski definition) is 2. The molecule has 0 aliphatic carbocycles. The predicted molar refractivity (Wildman–Crippen MR) is 81.1 cm³/mol. The van der Waals surface area contributed by atoms with E-state index in [0.717, 1.165) is 10.5 Å². The van der Waals surface area contributed by atoms with E-state index in [1.165, 1.54) is 4.90 Å². The number of rotatable bonds is 6. The first-order valence-corrected chi connectivity index (χ1v) is 7.86. The third-order valence-corrected chi connectivity index (χ3v) is 3.97. The van der Waals surface area contributed by atoms with E-state index in [1.807, 2.05) is 30.5 Å². The largest absolute Gasteiger partial charge is 0.447 e. The molecule has 0 radical (unpaired) electrons. The van der Waals surface area contributed by atoms with Crippen LogP contribution in [0.3, 0.4) is 0 Å². The number of ether oxygens (including phenoxy) is 1. The summed E-state index contributed by atoms with van der Waals surface area (Å²) in [7, 11) is 0. The third kappa shape index (κ3) is 3.91. The summed E-state index contributed by atoms with van der Waals surface area (Å²) in [6.07, 6.45) is 1.43. The average molecular weight is 323 g/mol. The van der Waals surface area contributed by atoms with E-state index in [1.54, 1.807) is 11.8 Å². The van der Waals surface area contributed by atoms with Crippen molar-refractivity contribution < 1.29 is 19.1 Å². The molecule has 22 heavy (non-hydrogen) atoms. The second-order valence-corrected chi connectivity index (χ2v) is 5.63. The van der Waals surface area contributed by atoms with Gasteiger partial charge in [-0.3, -0.25) is 14.5 Å². The number of nitrogens with zero attached hydrogens (tertiary/aromatic N) is 1. The summed E-state index contributed by atoms with van der Waals surface area (Å²) in [5.74, 6) is -1.09.